The second kappa shape index (κ2) is 6.79. The van der Waals surface area contributed by atoms with E-state index in [4.69, 9.17) is 0 Å². The lowest BCUT2D eigenvalue weighted by Gasteiger charge is -2.13. The molecule has 0 radical (unpaired) electrons. The molecular weight excluding hydrogens is 409 g/mol. The number of benzene rings is 2. The minimum absolute atomic E-state index is 0.116. The van der Waals surface area contributed by atoms with Gasteiger partial charge in [-0.25, -0.2) is 0 Å². The molecule has 2 aromatic carbocycles. The Morgan fingerprint density at radius 2 is 1.43 bits per heavy atom. The standard InChI is InChI=1S/C20H9F3O3S2/c21-20(22,23)11-5-3-4-10(8-11)14(24)9-15-27-18-16(25)12-6-1-2-7-13(12)17(26)19(18)28-15/h1-9H. The maximum Gasteiger partial charge on any atom is 0.416 e. The lowest BCUT2D eigenvalue weighted by molar-refractivity contribution is -0.137. The van der Waals surface area contributed by atoms with Gasteiger partial charge in [0.15, 0.2) is 5.78 Å². The lowest BCUT2D eigenvalue weighted by atomic mass is 9.94. The molecular formula is C20H9F3O3S2. The van der Waals surface area contributed by atoms with Crippen LogP contribution in [0.25, 0.3) is 0 Å². The van der Waals surface area contributed by atoms with Gasteiger partial charge in [-0.1, -0.05) is 59.9 Å². The molecule has 0 bridgehead atoms. The number of allylic oxidation sites excluding steroid dienone is 3. The van der Waals surface area contributed by atoms with Crippen LogP contribution in [-0.2, 0) is 6.18 Å². The zero-order valence-corrected chi connectivity index (χ0v) is 15.5. The molecule has 0 aromatic heterocycles. The Hall–Kier alpha value is -2.58. The second-order valence-electron chi connectivity index (χ2n) is 5.97. The molecule has 3 nitrogen and oxygen atoms in total. The number of Topliss-reactive ketones (excluding diaryl/α,β-unsaturated/α-hetero) is 2. The Bertz CT molecular complexity index is 1060. The van der Waals surface area contributed by atoms with Crippen molar-refractivity contribution in [3.8, 4) is 0 Å². The fourth-order valence-corrected chi connectivity index (χ4v) is 5.26. The average molecular weight is 418 g/mol. The van der Waals surface area contributed by atoms with Crippen molar-refractivity contribution in [2.75, 3.05) is 0 Å². The first-order valence-electron chi connectivity index (χ1n) is 7.97. The smallest absolute Gasteiger partial charge is 0.289 e. The van der Waals surface area contributed by atoms with Crippen LogP contribution >= 0.6 is 23.5 Å². The highest BCUT2D eigenvalue weighted by atomic mass is 32.2. The van der Waals surface area contributed by atoms with Crippen molar-refractivity contribution in [2.45, 2.75) is 6.18 Å². The van der Waals surface area contributed by atoms with E-state index in [9.17, 15) is 27.6 Å². The lowest BCUT2D eigenvalue weighted by Crippen LogP contribution is -2.17. The summed E-state index contributed by atoms with van der Waals surface area (Å²) in [5.74, 6) is -1.21. The molecule has 2 aliphatic rings. The molecule has 1 aliphatic carbocycles. The van der Waals surface area contributed by atoms with Crippen molar-refractivity contribution in [3.63, 3.8) is 0 Å². The largest absolute Gasteiger partial charge is 0.416 e. The number of hydrogen-bond donors (Lipinski definition) is 0. The molecule has 0 amide bonds. The minimum Gasteiger partial charge on any atom is -0.289 e. The molecule has 0 spiro atoms. The van der Waals surface area contributed by atoms with E-state index in [0.29, 0.717) is 15.4 Å². The first kappa shape index (κ1) is 18.8. The van der Waals surface area contributed by atoms with Gasteiger partial charge in [-0.15, -0.1) is 0 Å². The third-order valence-corrected chi connectivity index (χ3v) is 6.62. The number of carbonyl (C=O) groups excluding carboxylic acids is 3. The number of rotatable bonds is 2. The zero-order chi connectivity index (χ0) is 20.1. The van der Waals surface area contributed by atoms with Crippen molar-refractivity contribution < 1.29 is 27.6 Å². The van der Waals surface area contributed by atoms with Crippen molar-refractivity contribution in [1.82, 2.24) is 0 Å². The van der Waals surface area contributed by atoms with E-state index in [1.165, 1.54) is 6.07 Å². The molecule has 0 fully saturated rings. The van der Waals surface area contributed by atoms with E-state index < -0.39 is 17.5 Å². The van der Waals surface area contributed by atoms with Gasteiger partial charge in [0.05, 0.1) is 19.6 Å². The van der Waals surface area contributed by atoms with Gasteiger partial charge in [0.1, 0.15) is 0 Å². The topological polar surface area (TPSA) is 51.2 Å². The van der Waals surface area contributed by atoms with E-state index in [0.717, 1.165) is 47.8 Å². The van der Waals surface area contributed by atoms with Gasteiger partial charge in [-0.2, -0.15) is 13.2 Å². The van der Waals surface area contributed by atoms with E-state index in [1.54, 1.807) is 24.3 Å². The van der Waals surface area contributed by atoms with Crippen LogP contribution in [0.3, 0.4) is 0 Å². The zero-order valence-electron chi connectivity index (χ0n) is 13.9. The molecule has 28 heavy (non-hydrogen) atoms. The van der Waals surface area contributed by atoms with E-state index >= 15 is 0 Å². The molecule has 8 heteroatoms. The van der Waals surface area contributed by atoms with Crippen LogP contribution in [0.15, 0.2) is 68.7 Å². The van der Waals surface area contributed by atoms with Gasteiger partial charge in [0.2, 0.25) is 11.6 Å². The second-order valence-corrected chi connectivity index (χ2v) is 8.34. The fourth-order valence-electron chi connectivity index (χ4n) is 2.84. The predicted molar refractivity (Wildman–Crippen MR) is 101 cm³/mol. The number of alkyl halides is 3. The van der Waals surface area contributed by atoms with E-state index in [-0.39, 0.29) is 26.9 Å². The maximum absolute atomic E-state index is 12.8. The molecule has 0 N–H and O–H groups in total. The third kappa shape index (κ3) is 3.22. The Balaban J connectivity index is 1.61. The van der Waals surface area contributed by atoms with Crippen molar-refractivity contribution in [2.24, 2.45) is 0 Å². The molecule has 0 saturated heterocycles. The summed E-state index contributed by atoms with van der Waals surface area (Å²) in [6.45, 7) is 0. The molecule has 4 rings (SSSR count). The van der Waals surface area contributed by atoms with Gasteiger partial charge < -0.3 is 0 Å². The highest BCUT2D eigenvalue weighted by molar-refractivity contribution is 8.29. The Kier molecular flexibility index (Phi) is 4.55. The Labute approximate surface area is 165 Å². The molecule has 1 aliphatic heterocycles. The van der Waals surface area contributed by atoms with Gasteiger partial charge in [-0.3, -0.25) is 14.4 Å². The number of thioether (sulfide) groups is 2. The number of halogens is 3. The van der Waals surface area contributed by atoms with Crippen LogP contribution in [0.4, 0.5) is 13.2 Å². The van der Waals surface area contributed by atoms with Crippen LogP contribution in [0.5, 0.6) is 0 Å². The highest BCUT2D eigenvalue weighted by Crippen LogP contribution is 2.53. The van der Waals surface area contributed by atoms with E-state index in [2.05, 4.69) is 0 Å². The monoisotopic (exact) mass is 418 g/mol. The van der Waals surface area contributed by atoms with Gasteiger partial charge >= 0.3 is 6.18 Å². The maximum atomic E-state index is 12.8. The van der Waals surface area contributed by atoms with Crippen LogP contribution in [-0.4, -0.2) is 17.3 Å². The number of ketones is 3. The summed E-state index contributed by atoms with van der Waals surface area (Å²) >= 11 is 1.99. The summed E-state index contributed by atoms with van der Waals surface area (Å²) in [6, 6.07) is 10.6. The summed E-state index contributed by atoms with van der Waals surface area (Å²) in [6.07, 6.45) is -3.39. The Morgan fingerprint density at radius 1 is 0.857 bits per heavy atom. The van der Waals surface area contributed by atoms with Crippen molar-refractivity contribution in [3.05, 3.63) is 90.9 Å². The normalized spacial score (nSPS) is 16.2. The van der Waals surface area contributed by atoms with Crippen LogP contribution < -0.4 is 0 Å². The van der Waals surface area contributed by atoms with Crippen LogP contribution in [0, 0.1) is 0 Å². The van der Waals surface area contributed by atoms with E-state index in [1.807, 2.05) is 0 Å². The van der Waals surface area contributed by atoms with Crippen LogP contribution in [0.1, 0.15) is 36.6 Å². The molecule has 0 saturated carbocycles. The number of fused-ring (bicyclic) bond motifs is 1. The van der Waals surface area contributed by atoms with Crippen LogP contribution in [0.2, 0.25) is 0 Å². The van der Waals surface area contributed by atoms with Crippen molar-refractivity contribution in [1.29, 1.82) is 0 Å². The Morgan fingerprint density at radius 3 is 1.96 bits per heavy atom. The number of hydrogen-bond acceptors (Lipinski definition) is 5. The molecule has 1 heterocycles. The summed E-state index contributed by atoms with van der Waals surface area (Å²) in [5.41, 5.74) is -0.411. The summed E-state index contributed by atoms with van der Waals surface area (Å²) in [7, 11) is 0. The minimum atomic E-state index is -4.55. The molecule has 0 unspecified atom stereocenters. The van der Waals surface area contributed by atoms with Crippen molar-refractivity contribution >= 4 is 40.9 Å². The van der Waals surface area contributed by atoms with Gasteiger partial charge in [-0.05, 0) is 12.1 Å². The predicted octanol–water partition coefficient (Wildman–Crippen LogP) is 5.50. The fraction of sp³-hybridized carbons (Fsp3) is 0.0500. The quantitative estimate of drug-likeness (QED) is 0.476. The highest BCUT2D eigenvalue weighted by Gasteiger charge is 2.38. The number of carbonyl (C=O) groups is 3. The molecule has 0 atom stereocenters. The first-order valence-corrected chi connectivity index (χ1v) is 9.60. The first-order chi connectivity index (χ1) is 13.3. The molecule has 2 aromatic rings. The van der Waals surface area contributed by atoms with Gasteiger partial charge in [0, 0.05) is 22.8 Å². The molecule has 140 valence electrons. The average Bonchev–Trinajstić information content (AvgIpc) is 3.10. The summed E-state index contributed by atoms with van der Waals surface area (Å²) < 4.78 is 38.9. The summed E-state index contributed by atoms with van der Waals surface area (Å²) in [5, 5.41) is 0. The SMILES string of the molecule is O=C(C=C1SC2=C(S1)C(=O)c1ccccc1C2=O)c1cccc(C(F)(F)F)c1. The van der Waals surface area contributed by atoms with Gasteiger partial charge in [0.25, 0.3) is 0 Å². The summed E-state index contributed by atoms with van der Waals surface area (Å²) in [4.78, 5) is 38.1. The third-order valence-electron chi connectivity index (χ3n) is 4.16.